The largest absolute Gasteiger partial charge is 0.340 e. The van der Waals surface area contributed by atoms with Crippen molar-refractivity contribution in [2.45, 2.75) is 13.5 Å². The van der Waals surface area contributed by atoms with Crippen LogP contribution in [0.3, 0.4) is 0 Å². The van der Waals surface area contributed by atoms with E-state index in [4.69, 9.17) is 21.7 Å². The van der Waals surface area contributed by atoms with Gasteiger partial charge >= 0.3 is 0 Å². The average molecular weight is 503 g/mol. The van der Waals surface area contributed by atoms with Crippen molar-refractivity contribution in [1.29, 1.82) is 0 Å². The van der Waals surface area contributed by atoms with Crippen LogP contribution in [0, 0.1) is 6.92 Å². The summed E-state index contributed by atoms with van der Waals surface area (Å²) in [6, 6.07) is 33.2. The Morgan fingerprint density at radius 1 is 0.838 bits per heavy atom. The Bertz CT molecular complexity index is 1830. The number of halogens is 1. The molecule has 6 heteroatoms. The molecule has 2 aromatic heterocycles. The number of aromatic nitrogens is 3. The molecular weight excluding hydrogens is 480 g/mol. The molecule has 0 saturated carbocycles. The lowest BCUT2D eigenvalue weighted by atomic mass is 10.1. The first-order valence-corrected chi connectivity index (χ1v) is 12.4. The number of hydrogen-bond acceptors (Lipinski definition) is 3. The smallest absolute Gasteiger partial charge is 0.282 e. The molecule has 2 heterocycles. The molecule has 0 unspecified atom stereocenters. The van der Waals surface area contributed by atoms with Gasteiger partial charge in [0.05, 0.1) is 17.1 Å². The fraction of sp³-hybridized carbons (Fsp3) is 0.0645. The van der Waals surface area contributed by atoms with E-state index in [1.165, 1.54) is 4.68 Å². The van der Waals surface area contributed by atoms with E-state index in [0.717, 1.165) is 33.3 Å². The summed E-state index contributed by atoms with van der Waals surface area (Å²) in [7, 11) is 0. The van der Waals surface area contributed by atoms with E-state index in [1.54, 1.807) is 12.3 Å². The number of rotatable bonds is 5. The molecule has 180 valence electrons. The maximum Gasteiger partial charge on any atom is 0.282 e. The van der Waals surface area contributed by atoms with Crippen molar-refractivity contribution in [3.63, 3.8) is 0 Å². The van der Waals surface area contributed by atoms with Gasteiger partial charge in [-0.25, -0.2) is 4.98 Å². The molecule has 6 aromatic rings. The fourth-order valence-corrected chi connectivity index (χ4v) is 4.84. The Labute approximate surface area is 218 Å². The van der Waals surface area contributed by atoms with Gasteiger partial charge in [-0.15, -0.1) is 0 Å². The van der Waals surface area contributed by atoms with Gasteiger partial charge in [0.15, 0.2) is 5.82 Å². The number of hydrogen-bond donors (Lipinski definition) is 0. The Balaban J connectivity index is 1.51. The van der Waals surface area contributed by atoms with Gasteiger partial charge in [-0.3, -0.25) is 4.79 Å². The SMILES string of the molecule is Cc1c(C=Nn2c(-c3ccccc3)nc3ccccc3c2=O)c2ccccc2n1Cc1ccc(Cl)cc1. The number of nitrogens with zero attached hydrogens (tertiary/aromatic N) is 4. The molecule has 0 bridgehead atoms. The minimum absolute atomic E-state index is 0.205. The van der Waals surface area contributed by atoms with Crippen LogP contribution in [0.2, 0.25) is 5.02 Å². The van der Waals surface area contributed by atoms with E-state index in [1.807, 2.05) is 84.9 Å². The fourth-order valence-electron chi connectivity index (χ4n) is 4.72. The summed E-state index contributed by atoms with van der Waals surface area (Å²) in [6.07, 6.45) is 1.78. The zero-order valence-electron chi connectivity index (χ0n) is 20.2. The van der Waals surface area contributed by atoms with Crippen molar-refractivity contribution in [3.8, 4) is 11.4 Å². The average Bonchev–Trinajstić information content (AvgIpc) is 3.20. The zero-order chi connectivity index (χ0) is 25.4. The highest BCUT2D eigenvalue weighted by molar-refractivity contribution is 6.30. The molecule has 0 spiro atoms. The number of para-hydroxylation sites is 2. The minimum Gasteiger partial charge on any atom is -0.340 e. The second kappa shape index (κ2) is 9.52. The summed E-state index contributed by atoms with van der Waals surface area (Å²) in [6.45, 7) is 2.78. The maximum absolute atomic E-state index is 13.6. The lowest BCUT2D eigenvalue weighted by molar-refractivity contribution is 0.802. The van der Waals surface area contributed by atoms with Crippen molar-refractivity contribution in [2.75, 3.05) is 0 Å². The molecule has 0 atom stereocenters. The summed E-state index contributed by atoms with van der Waals surface area (Å²) in [4.78, 5) is 18.4. The predicted octanol–water partition coefficient (Wildman–Crippen LogP) is 6.91. The van der Waals surface area contributed by atoms with E-state index in [-0.39, 0.29) is 5.56 Å². The van der Waals surface area contributed by atoms with Crippen LogP contribution in [-0.4, -0.2) is 20.4 Å². The third-order valence-electron chi connectivity index (χ3n) is 6.62. The second-order valence-corrected chi connectivity index (χ2v) is 9.35. The number of benzene rings is 4. The summed E-state index contributed by atoms with van der Waals surface area (Å²) < 4.78 is 3.67. The molecule has 6 rings (SSSR count). The van der Waals surface area contributed by atoms with E-state index in [2.05, 4.69) is 23.6 Å². The first-order chi connectivity index (χ1) is 18.1. The minimum atomic E-state index is -0.205. The molecule has 0 aliphatic rings. The molecule has 0 amide bonds. The van der Waals surface area contributed by atoms with Gasteiger partial charge in [-0.2, -0.15) is 9.78 Å². The van der Waals surface area contributed by atoms with Crippen LogP contribution in [-0.2, 0) is 6.54 Å². The van der Waals surface area contributed by atoms with Crippen LogP contribution in [0.1, 0.15) is 16.8 Å². The summed E-state index contributed by atoms with van der Waals surface area (Å²) >= 11 is 6.09. The van der Waals surface area contributed by atoms with Crippen LogP contribution in [0.15, 0.2) is 113 Å². The summed E-state index contributed by atoms with van der Waals surface area (Å²) in [5, 5.41) is 7.05. The van der Waals surface area contributed by atoms with Gasteiger partial charge in [0, 0.05) is 39.3 Å². The highest BCUT2D eigenvalue weighted by atomic mass is 35.5. The molecule has 0 aliphatic carbocycles. The van der Waals surface area contributed by atoms with Gasteiger partial charge < -0.3 is 4.57 Å². The van der Waals surface area contributed by atoms with Crippen molar-refractivity contribution in [1.82, 2.24) is 14.2 Å². The molecule has 0 radical (unpaired) electrons. The van der Waals surface area contributed by atoms with Gasteiger partial charge in [0.2, 0.25) is 0 Å². The van der Waals surface area contributed by atoms with Crippen LogP contribution >= 0.6 is 11.6 Å². The molecule has 37 heavy (non-hydrogen) atoms. The molecule has 4 aromatic carbocycles. The molecule has 5 nitrogen and oxygen atoms in total. The Morgan fingerprint density at radius 3 is 2.30 bits per heavy atom. The first kappa shape index (κ1) is 23.0. The van der Waals surface area contributed by atoms with E-state index >= 15 is 0 Å². The van der Waals surface area contributed by atoms with Gasteiger partial charge in [0.1, 0.15) is 0 Å². The highest BCUT2D eigenvalue weighted by Gasteiger charge is 2.15. The summed E-state index contributed by atoms with van der Waals surface area (Å²) in [5.74, 6) is 0.503. The van der Waals surface area contributed by atoms with E-state index in [9.17, 15) is 4.79 Å². The molecule has 0 N–H and O–H groups in total. The van der Waals surface area contributed by atoms with Crippen molar-refractivity contribution in [2.24, 2.45) is 5.10 Å². The van der Waals surface area contributed by atoms with Crippen LogP contribution in [0.4, 0.5) is 0 Å². The van der Waals surface area contributed by atoms with Crippen molar-refractivity contribution in [3.05, 3.63) is 135 Å². The zero-order valence-corrected chi connectivity index (χ0v) is 20.9. The van der Waals surface area contributed by atoms with Crippen molar-refractivity contribution >= 4 is 39.6 Å². The molecular formula is C31H23ClN4O. The predicted molar refractivity (Wildman–Crippen MR) is 152 cm³/mol. The third kappa shape index (κ3) is 4.24. The Hall–Kier alpha value is -4.48. The molecule has 0 aliphatic heterocycles. The lowest BCUT2D eigenvalue weighted by Crippen LogP contribution is -2.20. The number of fused-ring (bicyclic) bond motifs is 2. The standard InChI is InChI=1S/C31H23ClN4O/c1-21-27(25-11-6-8-14-29(25)35(21)20-22-15-17-24(32)18-16-22)19-33-36-30(23-9-3-2-4-10-23)34-28-13-7-5-12-26(28)31(36)37/h2-19H,20H2,1H3. The summed E-state index contributed by atoms with van der Waals surface area (Å²) in [5.41, 5.74) is 5.54. The normalized spacial score (nSPS) is 11.6. The lowest BCUT2D eigenvalue weighted by Gasteiger charge is -2.10. The van der Waals surface area contributed by atoms with Crippen LogP contribution in [0.25, 0.3) is 33.2 Å². The van der Waals surface area contributed by atoms with Gasteiger partial charge in [-0.1, -0.05) is 84.4 Å². The molecule has 0 saturated heterocycles. The van der Waals surface area contributed by atoms with E-state index < -0.39 is 0 Å². The Morgan fingerprint density at radius 2 is 1.51 bits per heavy atom. The third-order valence-corrected chi connectivity index (χ3v) is 6.87. The topological polar surface area (TPSA) is 52.2 Å². The first-order valence-electron chi connectivity index (χ1n) is 12.0. The van der Waals surface area contributed by atoms with Crippen molar-refractivity contribution < 1.29 is 0 Å². The van der Waals surface area contributed by atoms with Gasteiger partial charge in [-0.05, 0) is 42.8 Å². The quantitative estimate of drug-likeness (QED) is 0.240. The highest BCUT2D eigenvalue weighted by Crippen LogP contribution is 2.26. The molecule has 0 fully saturated rings. The van der Waals surface area contributed by atoms with Crippen LogP contribution < -0.4 is 5.56 Å². The van der Waals surface area contributed by atoms with Gasteiger partial charge in [0.25, 0.3) is 5.56 Å². The maximum atomic E-state index is 13.6. The monoisotopic (exact) mass is 502 g/mol. The Kier molecular flexibility index (Phi) is 5.91. The van der Waals surface area contributed by atoms with Crippen LogP contribution in [0.5, 0.6) is 0 Å². The van der Waals surface area contributed by atoms with E-state index in [0.29, 0.717) is 28.3 Å². The second-order valence-electron chi connectivity index (χ2n) is 8.91.